The number of likely N-dealkylation sites (tertiary alicyclic amines) is 1. The Bertz CT molecular complexity index is 676. The van der Waals surface area contributed by atoms with Crippen molar-refractivity contribution >= 4 is 5.95 Å². The van der Waals surface area contributed by atoms with Crippen molar-refractivity contribution in [1.29, 1.82) is 0 Å². The van der Waals surface area contributed by atoms with Crippen LogP contribution >= 0.6 is 0 Å². The first kappa shape index (κ1) is 15.5. The van der Waals surface area contributed by atoms with E-state index in [9.17, 15) is 4.39 Å². The van der Waals surface area contributed by atoms with Gasteiger partial charge in [0.2, 0.25) is 5.95 Å². The summed E-state index contributed by atoms with van der Waals surface area (Å²) in [6, 6.07) is 8.76. The largest absolute Gasteiger partial charge is 0.340 e. The van der Waals surface area contributed by atoms with Crippen LogP contribution in [-0.4, -0.2) is 41.0 Å². The second kappa shape index (κ2) is 6.48. The summed E-state index contributed by atoms with van der Waals surface area (Å²) in [5, 5.41) is 0. The van der Waals surface area contributed by atoms with Gasteiger partial charge in [-0.1, -0.05) is 12.1 Å². The van der Waals surface area contributed by atoms with E-state index in [4.69, 9.17) is 0 Å². The molecule has 2 fully saturated rings. The van der Waals surface area contributed by atoms with Crippen molar-refractivity contribution in [2.75, 3.05) is 31.1 Å². The minimum Gasteiger partial charge on any atom is -0.340 e. The van der Waals surface area contributed by atoms with Gasteiger partial charge in [0.1, 0.15) is 5.82 Å². The second-order valence-electron chi connectivity index (χ2n) is 7.16. The third-order valence-electron chi connectivity index (χ3n) is 5.33. The highest BCUT2D eigenvalue weighted by Crippen LogP contribution is 2.40. The maximum absolute atomic E-state index is 13.1. The molecular weight excluding hydrogens is 303 g/mol. The van der Waals surface area contributed by atoms with Crippen LogP contribution < -0.4 is 4.90 Å². The lowest BCUT2D eigenvalue weighted by atomic mass is 9.79. The van der Waals surface area contributed by atoms with Gasteiger partial charge in [-0.25, -0.2) is 14.4 Å². The number of piperidine rings is 1. The molecule has 0 radical (unpaired) electrons. The summed E-state index contributed by atoms with van der Waals surface area (Å²) in [6.07, 6.45) is 7.33. The molecule has 2 aliphatic heterocycles. The highest BCUT2D eigenvalue weighted by molar-refractivity contribution is 5.30. The Kier molecular flexibility index (Phi) is 4.19. The molecule has 2 aliphatic rings. The zero-order chi connectivity index (χ0) is 16.4. The van der Waals surface area contributed by atoms with Gasteiger partial charge in [0, 0.05) is 44.0 Å². The number of anilines is 1. The minimum absolute atomic E-state index is 0.164. The number of hydrogen-bond donors (Lipinski definition) is 0. The fraction of sp³-hybridized carbons (Fsp3) is 0.474. The van der Waals surface area contributed by atoms with Crippen molar-refractivity contribution < 1.29 is 4.39 Å². The first-order valence-electron chi connectivity index (χ1n) is 8.71. The quantitative estimate of drug-likeness (QED) is 0.867. The highest BCUT2D eigenvalue weighted by Gasteiger charge is 2.41. The molecule has 0 aliphatic carbocycles. The number of benzene rings is 1. The van der Waals surface area contributed by atoms with E-state index in [0.29, 0.717) is 5.41 Å². The summed E-state index contributed by atoms with van der Waals surface area (Å²) in [6.45, 7) is 5.21. The number of rotatable bonds is 3. The number of aromatic nitrogens is 2. The Balaban J connectivity index is 1.42. The van der Waals surface area contributed by atoms with Crippen LogP contribution in [0.2, 0.25) is 0 Å². The SMILES string of the molecule is Fc1ccc(CN2CC[C@]3(CCCN(c4ncccn4)C3)C2)cc1. The molecule has 1 spiro atoms. The highest BCUT2D eigenvalue weighted by atomic mass is 19.1. The third kappa shape index (κ3) is 3.26. The van der Waals surface area contributed by atoms with Gasteiger partial charge in [0.05, 0.1) is 0 Å². The Labute approximate surface area is 142 Å². The normalized spacial score (nSPS) is 24.6. The maximum atomic E-state index is 13.1. The molecule has 24 heavy (non-hydrogen) atoms. The zero-order valence-electron chi connectivity index (χ0n) is 13.9. The molecule has 2 aromatic rings. The Morgan fingerprint density at radius 1 is 1.00 bits per heavy atom. The van der Waals surface area contributed by atoms with Crippen LogP contribution in [0.15, 0.2) is 42.7 Å². The number of nitrogens with zero attached hydrogens (tertiary/aromatic N) is 4. The molecule has 4 nitrogen and oxygen atoms in total. The molecule has 1 aromatic heterocycles. The van der Waals surface area contributed by atoms with Crippen molar-refractivity contribution in [2.45, 2.75) is 25.8 Å². The van der Waals surface area contributed by atoms with E-state index in [1.807, 2.05) is 30.6 Å². The van der Waals surface area contributed by atoms with Crippen molar-refractivity contribution in [3.8, 4) is 0 Å². The van der Waals surface area contributed by atoms with E-state index >= 15 is 0 Å². The van der Waals surface area contributed by atoms with Crippen LogP contribution in [0.5, 0.6) is 0 Å². The molecule has 0 unspecified atom stereocenters. The molecule has 0 saturated carbocycles. The van der Waals surface area contributed by atoms with E-state index < -0.39 is 0 Å². The summed E-state index contributed by atoms with van der Waals surface area (Å²) < 4.78 is 13.1. The van der Waals surface area contributed by atoms with Gasteiger partial charge in [-0.3, -0.25) is 4.90 Å². The molecule has 5 heteroatoms. The molecule has 2 saturated heterocycles. The van der Waals surface area contributed by atoms with E-state index in [-0.39, 0.29) is 5.82 Å². The molecule has 3 heterocycles. The fourth-order valence-corrected chi connectivity index (χ4v) is 4.18. The van der Waals surface area contributed by atoms with Gasteiger partial charge in [-0.2, -0.15) is 0 Å². The molecule has 126 valence electrons. The van der Waals surface area contributed by atoms with Crippen LogP contribution in [0.4, 0.5) is 10.3 Å². The minimum atomic E-state index is -0.164. The predicted octanol–water partition coefficient (Wildman–Crippen LogP) is 3.11. The van der Waals surface area contributed by atoms with E-state index in [1.165, 1.54) is 24.8 Å². The summed E-state index contributed by atoms with van der Waals surface area (Å²) in [5.74, 6) is 0.691. The Morgan fingerprint density at radius 2 is 1.79 bits per heavy atom. The molecular formula is C19H23FN4. The maximum Gasteiger partial charge on any atom is 0.225 e. The standard InChI is InChI=1S/C19H23FN4/c20-17-5-3-16(4-6-17)13-23-12-8-19(14-23)7-1-11-24(15-19)18-21-9-2-10-22-18/h2-6,9-10H,1,7-8,11-15H2/t19-/m1/s1. The van der Waals surface area contributed by atoms with Gasteiger partial charge in [0.15, 0.2) is 0 Å². The lowest BCUT2D eigenvalue weighted by molar-refractivity contribution is 0.215. The van der Waals surface area contributed by atoms with E-state index in [0.717, 1.165) is 38.7 Å². The summed E-state index contributed by atoms with van der Waals surface area (Å²) in [5.41, 5.74) is 1.53. The third-order valence-corrected chi connectivity index (χ3v) is 5.33. The average molecular weight is 326 g/mol. The van der Waals surface area contributed by atoms with Gasteiger partial charge in [-0.05, 0) is 49.6 Å². The topological polar surface area (TPSA) is 32.3 Å². The van der Waals surface area contributed by atoms with Gasteiger partial charge in [0.25, 0.3) is 0 Å². The summed E-state index contributed by atoms with van der Waals surface area (Å²) in [4.78, 5) is 13.7. The van der Waals surface area contributed by atoms with Gasteiger partial charge >= 0.3 is 0 Å². The molecule has 0 N–H and O–H groups in total. The molecule has 1 atom stereocenters. The first-order chi connectivity index (χ1) is 11.7. The average Bonchev–Trinajstić information content (AvgIpc) is 2.99. The second-order valence-corrected chi connectivity index (χ2v) is 7.16. The van der Waals surface area contributed by atoms with Gasteiger partial charge in [-0.15, -0.1) is 0 Å². The lowest BCUT2D eigenvalue weighted by Crippen LogP contribution is -2.45. The van der Waals surface area contributed by atoms with Crippen molar-refractivity contribution in [3.63, 3.8) is 0 Å². The van der Waals surface area contributed by atoms with E-state index in [2.05, 4.69) is 19.8 Å². The zero-order valence-corrected chi connectivity index (χ0v) is 13.9. The fourth-order valence-electron chi connectivity index (χ4n) is 4.18. The van der Waals surface area contributed by atoms with Crippen LogP contribution in [0.3, 0.4) is 0 Å². The number of hydrogen-bond acceptors (Lipinski definition) is 4. The van der Waals surface area contributed by atoms with Crippen molar-refractivity contribution in [2.24, 2.45) is 5.41 Å². The van der Waals surface area contributed by atoms with Crippen LogP contribution in [0.1, 0.15) is 24.8 Å². The Hall–Kier alpha value is -2.01. The monoisotopic (exact) mass is 326 g/mol. The molecule has 1 aromatic carbocycles. The molecule has 0 amide bonds. The first-order valence-corrected chi connectivity index (χ1v) is 8.71. The lowest BCUT2D eigenvalue weighted by Gasteiger charge is -2.40. The van der Waals surface area contributed by atoms with Crippen molar-refractivity contribution in [3.05, 3.63) is 54.1 Å². The predicted molar refractivity (Wildman–Crippen MR) is 92.2 cm³/mol. The Morgan fingerprint density at radius 3 is 2.58 bits per heavy atom. The van der Waals surface area contributed by atoms with Crippen LogP contribution in [0, 0.1) is 11.2 Å². The van der Waals surface area contributed by atoms with Gasteiger partial charge < -0.3 is 4.90 Å². The summed E-state index contributed by atoms with van der Waals surface area (Å²) in [7, 11) is 0. The van der Waals surface area contributed by atoms with E-state index in [1.54, 1.807) is 12.1 Å². The van der Waals surface area contributed by atoms with Crippen molar-refractivity contribution in [1.82, 2.24) is 14.9 Å². The molecule has 0 bridgehead atoms. The summed E-state index contributed by atoms with van der Waals surface area (Å²) >= 11 is 0. The van der Waals surface area contributed by atoms with Crippen LogP contribution in [-0.2, 0) is 6.54 Å². The number of halogens is 1. The molecule has 4 rings (SSSR count). The van der Waals surface area contributed by atoms with Crippen LogP contribution in [0.25, 0.3) is 0 Å². The smallest absolute Gasteiger partial charge is 0.225 e.